The first-order valence-electron chi connectivity index (χ1n) is 7.06. The highest BCUT2D eigenvalue weighted by Crippen LogP contribution is 2.37. The van der Waals surface area contributed by atoms with Crippen molar-refractivity contribution < 1.29 is 4.79 Å². The van der Waals surface area contributed by atoms with Crippen molar-refractivity contribution in [2.24, 2.45) is 0 Å². The van der Waals surface area contributed by atoms with Crippen molar-refractivity contribution in [2.45, 2.75) is 19.4 Å². The molecule has 5 heteroatoms. The average molecular weight is 301 g/mol. The molecule has 3 N–H and O–H groups in total. The number of benzene rings is 1. The molecular formula is C16H19N3OS. The van der Waals surface area contributed by atoms with Gasteiger partial charge in [-0.3, -0.25) is 4.79 Å². The molecule has 0 bridgehead atoms. The molecule has 1 amide bonds. The van der Waals surface area contributed by atoms with Crippen LogP contribution in [0.1, 0.15) is 33.8 Å². The summed E-state index contributed by atoms with van der Waals surface area (Å²) in [6.07, 6.45) is 1.01. The lowest BCUT2D eigenvalue weighted by atomic mass is 9.99. The van der Waals surface area contributed by atoms with Crippen LogP contribution in [0.2, 0.25) is 0 Å². The van der Waals surface area contributed by atoms with E-state index in [9.17, 15) is 4.79 Å². The van der Waals surface area contributed by atoms with Gasteiger partial charge in [0.25, 0.3) is 5.91 Å². The van der Waals surface area contributed by atoms with Crippen molar-refractivity contribution >= 4 is 28.6 Å². The molecule has 21 heavy (non-hydrogen) atoms. The number of nitrogens with one attached hydrogen (secondary N) is 1. The number of nitrogens with two attached hydrogens (primary N) is 1. The highest BCUT2D eigenvalue weighted by molar-refractivity contribution is 7.10. The van der Waals surface area contributed by atoms with Gasteiger partial charge in [-0.15, -0.1) is 11.3 Å². The molecule has 0 saturated heterocycles. The summed E-state index contributed by atoms with van der Waals surface area (Å²) in [6, 6.07) is 7.92. The Balaban J connectivity index is 2.05. The van der Waals surface area contributed by atoms with E-state index in [0.29, 0.717) is 11.3 Å². The second kappa shape index (κ2) is 5.41. The van der Waals surface area contributed by atoms with Crippen LogP contribution in [-0.2, 0) is 6.42 Å². The van der Waals surface area contributed by atoms with Crippen LogP contribution in [0.4, 0.5) is 11.4 Å². The lowest BCUT2D eigenvalue weighted by Gasteiger charge is -2.36. The van der Waals surface area contributed by atoms with Gasteiger partial charge in [0.2, 0.25) is 0 Å². The summed E-state index contributed by atoms with van der Waals surface area (Å²) < 4.78 is 0. The number of rotatable bonds is 2. The molecule has 0 spiro atoms. The van der Waals surface area contributed by atoms with E-state index in [4.69, 9.17) is 5.73 Å². The summed E-state index contributed by atoms with van der Waals surface area (Å²) in [5.41, 5.74) is 9.57. The van der Waals surface area contributed by atoms with Gasteiger partial charge in [-0.1, -0.05) is 0 Å². The Bertz CT molecular complexity index is 680. The fourth-order valence-electron chi connectivity index (χ4n) is 2.95. The van der Waals surface area contributed by atoms with Crippen molar-refractivity contribution in [1.29, 1.82) is 0 Å². The Labute approximate surface area is 128 Å². The maximum Gasteiger partial charge on any atom is 0.253 e. The number of anilines is 2. The highest BCUT2D eigenvalue weighted by Gasteiger charge is 2.27. The van der Waals surface area contributed by atoms with Gasteiger partial charge in [0.05, 0.1) is 17.3 Å². The maximum absolute atomic E-state index is 12.1. The van der Waals surface area contributed by atoms with Crippen molar-refractivity contribution in [3.8, 4) is 0 Å². The number of thiophene rings is 1. The maximum atomic E-state index is 12.1. The predicted molar refractivity (Wildman–Crippen MR) is 88.0 cm³/mol. The number of nitrogens with zero attached hydrogens (tertiary/aromatic N) is 1. The molecule has 110 valence electrons. The molecule has 1 aliphatic heterocycles. The first-order chi connectivity index (χ1) is 10.1. The minimum absolute atomic E-state index is 0.0756. The smallest absolute Gasteiger partial charge is 0.253 e. The SMILES string of the molecule is CNC(=O)c1ccc(N)cc1N1CCc2sccc2C1C. The third kappa shape index (κ3) is 2.38. The molecule has 4 nitrogen and oxygen atoms in total. The molecule has 3 rings (SSSR count). The van der Waals surface area contributed by atoms with Crippen LogP contribution in [-0.4, -0.2) is 19.5 Å². The Hall–Kier alpha value is -2.01. The zero-order valence-corrected chi connectivity index (χ0v) is 13.0. The Morgan fingerprint density at radius 2 is 2.24 bits per heavy atom. The van der Waals surface area contributed by atoms with Crippen LogP contribution in [0.5, 0.6) is 0 Å². The van der Waals surface area contributed by atoms with Crippen LogP contribution in [0, 0.1) is 0 Å². The van der Waals surface area contributed by atoms with Crippen LogP contribution >= 0.6 is 11.3 Å². The lowest BCUT2D eigenvalue weighted by Crippen LogP contribution is -2.35. The van der Waals surface area contributed by atoms with Gasteiger partial charge in [0, 0.05) is 24.2 Å². The minimum atomic E-state index is -0.0756. The fourth-order valence-corrected chi connectivity index (χ4v) is 3.91. The van der Waals surface area contributed by atoms with E-state index in [1.54, 1.807) is 19.2 Å². The number of amides is 1. The van der Waals surface area contributed by atoms with Crippen molar-refractivity contribution in [3.05, 3.63) is 45.6 Å². The van der Waals surface area contributed by atoms with Gasteiger partial charge >= 0.3 is 0 Å². The largest absolute Gasteiger partial charge is 0.399 e. The number of nitrogen functional groups attached to an aromatic ring is 1. The number of carbonyl (C=O) groups is 1. The van der Waals surface area contributed by atoms with Crippen LogP contribution in [0.25, 0.3) is 0 Å². The molecule has 1 atom stereocenters. The topological polar surface area (TPSA) is 58.4 Å². The Morgan fingerprint density at radius 1 is 1.43 bits per heavy atom. The summed E-state index contributed by atoms with van der Waals surface area (Å²) in [6.45, 7) is 3.09. The van der Waals surface area contributed by atoms with E-state index in [-0.39, 0.29) is 11.9 Å². The fraction of sp³-hybridized carbons (Fsp3) is 0.312. The summed E-state index contributed by atoms with van der Waals surface area (Å²) >= 11 is 1.81. The van der Waals surface area contributed by atoms with Crippen LogP contribution < -0.4 is 16.0 Å². The number of fused-ring (bicyclic) bond motifs is 1. The second-order valence-electron chi connectivity index (χ2n) is 5.27. The zero-order chi connectivity index (χ0) is 15.0. The molecule has 1 aromatic heterocycles. The molecule has 1 unspecified atom stereocenters. The first kappa shape index (κ1) is 13.9. The first-order valence-corrected chi connectivity index (χ1v) is 7.94. The van der Waals surface area contributed by atoms with E-state index in [1.165, 1.54) is 10.4 Å². The van der Waals surface area contributed by atoms with Crippen molar-refractivity contribution in [3.63, 3.8) is 0 Å². The standard InChI is InChI=1S/C16H19N3OS/c1-10-12-6-8-21-15(12)5-7-19(10)14-9-11(17)3-4-13(14)16(20)18-2/h3-4,6,8-10H,5,7,17H2,1-2H3,(H,18,20). The molecule has 0 aliphatic carbocycles. The van der Waals surface area contributed by atoms with Gasteiger partial charge < -0.3 is 16.0 Å². The molecular weight excluding hydrogens is 282 g/mol. The quantitative estimate of drug-likeness (QED) is 0.839. The van der Waals surface area contributed by atoms with E-state index in [1.807, 2.05) is 17.4 Å². The minimum Gasteiger partial charge on any atom is -0.399 e. The Morgan fingerprint density at radius 3 is 3.00 bits per heavy atom. The third-order valence-electron chi connectivity index (χ3n) is 4.08. The predicted octanol–water partition coefficient (Wildman–Crippen LogP) is 2.81. The van der Waals surface area contributed by atoms with Crippen molar-refractivity contribution in [2.75, 3.05) is 24.2 Å². The number of hydrogen-bond acceptors (Lipinski definition) is 4. The highest BCUT2D eigenvalue weighted by atomic mass is 32.1. The number of carbonyl (C=O) groups excluding carboxylic acids is 1. The molecule has 0 radical (unpaired) electrons. The number of hydrogen-bond donors (Lipinski definition) is 2. The molecule has 2 heterocycles. The second-order valence-corrected chi connectivity index (χ2v) is 6.27. The average Bonchev–Trinajstić information content (AvgIpc) is 2.96. The van der Waals surface area contributed by atoms with E-state index >= 15 is 0 Å². The summed E-state index contributed by atoms with van der Waals surface area (Å²) in [5.74, 6) is -0.0756. The van der Waals surface area contributed by atoms with Crippen molar-refractivity contribution in [1.82, 2.24) is 5.32 Å². The van der Waals surface area contributed by atoms with E-state index in [0.717, 1.165) is 18.7 Å². The van der Waals surface area contributed by atoms with Gasteiger partial charge in [-0.05, 0) is 48.6 Å². The third-order valence-corrected chi connectivity index (χ3v) is 5.08. The van der Waals surface area contributed by atoms with E-state index in [2.05, 4.69) is 28.6 Å². The van der Waals surface area contributed by atoms with Gasteiger partial charge in [0.15, 0.2) is 0 Å². The summed E-state index contributed by atoms with van der Waals surface area (Å²) in [4.78, 5) is 15.8. The lowest BCUT2D eigenvalue weighted by molar-refractivity contribution is 0.0963. The van der Waals surface area contributed by atoms with Crippen LogP contribution in [0.15, 0.2) is 29.6 Å². The molecule has 0 saturated carbocycles. The molecule has 1 aromatic carbocycles. The van der Waals surface area contributed by atoms with E-state index < -0.39 is 0 Å². The van der Waals surface area contributed by atoms with Crippen LogP contribution in [0.3, 0.4) is 0 Å². The van der Waals surface area contributed by atoms with Gasteiger partial charge in [-0.2, -0.15) is 0 Å². The van der Waals surface area contributed by atoms with Gasteiger partial charge in [-0.25, -0.2) is 0 Å². The zero-order valence-electron chi connectivity index (χ0n) is 12.2. The summed E-state index contributed by atoms with van der Waals surface area (Å²) in [7, 11) is 1.65. The molecule has 1 aliphatic rings. The molecule has 2 aromatic rings. The summed E-state index contributed by atoms with van der Waals surface area (Å²) in [5, 5.41) is 4.85. The Kier molecular flexibility index (Phi) is 3.59. The molecule has 0 fully saturated rings. The van der Waals surface area contributed by atoms with Gasteiger partial charge in [0.1, 0.15) is 0 Å². The normalized spacial score (nSPS) is 17.4. The monoisotopic (exact) mass is 301 g/mol.